The molecule has 1 spiro atoms. The molecule has 72 valence electrons. The monoisotopic (exact) mass is 179 g/mol. The van der Waals surface area contributed by atoms with Gasteiger partial charge in [0, 0.05) is 11.4 Å². The molecular weight excluding hydrogens is 164 g/mol. The van der Waals surface area contributed by atoms with Gasteiger partial charge in [0.1, 0.15) is 0 Å². The summed E-state index contributed by atoms with van der Waals surface area (Å²) in [5.74, 6) is 0.00514. The van der Waals surface area contributed by atoms with Gasteiger partial charge in [0.15, 0.2) is 0 Å². The molecule has 3 aliphatic carbocycles. The van der Waals surface area contributed by atoms with Crippen molar-refractivity contribution in [2.75, 3.05) is 0 Å². The highest BCUT2D eigenvalue weighted by Gasteiger charge is 2.85. The lowest BCUT2D eigenvalue weighted by atomic mass is 9.93. The Hall–Kier alpha value is -0.530. The number of hydrogen-bond donors (Lipinski definition) is 0. The third-order valence-corrected chi connectivity index (χ3v) is 5.15. The van der Waals surface area contributed by atoms with Crippen molar-refractivity contribution in [2.45, 2.75) is 39.5 Å². The van der Waals surface area contributed by atoms with Crippen LogP contribution in [-0.2, 0) is 4.79 Å². The summed E-state index contributed by atoms with van der Waals surface area (Å²) in [7, 11) is 0. The van der Waals surface area contributed by atoms with Crippen LogP contribution in [0, 0.1) is 22.2 Å². The molecule has 0 aromatic heterocycles. The molecule has 0 heterocycles. The molecule has 0 aromatic rings. The average Bonchev–Trinajstić information content (AvgIpc) is 2.78. The number of aliphatic carboxylic acids is 1. The second kappa shape index (κ2) is 1.67. The van der Waals surface area contributed by atoms with Crippen molar-refractivity contribution in [1.29, 1.82) is 0 Å². The zero-order chi connectivity index (χ0) is 9.48. The van der Waals surface area contributed by atoms with Crippen molar-refractivity contribution < 1.29 is 9.90 Å². The lowest BCUT2D eigenvalue weighted by Gasteiger charge is -2.15. The lowest BCUT2D eigenvalue weighted by molar-refractivity contribution is -0.314. The van der Waals surface area contributed by atoms with Crippen LogP contribution in [0.3, 0.4) is 0 Å². The first-order valence-electron chi connectivity index (χ1n) is 5.18. The molecule has 3 rings (SSSR count). The Labute approximate surface area is 78.3 Å². The summed E-state index contributed by atoms with van der Waals surface area (Å²) in [5.41, 5.74) is 0.0339. The topological polar surface area (TPSA) is 40.1 Å². The SMILES string of the molecule is C[C@@]1(C(=O)[O-])C[C@]12C[C@@]2(C)C1CC1. The predicted octanol–water partition coefficient (Wildman–Crippen LogP) is 0.953. The van der Waals surface area contributed by atoms with E-state index in [1.807, 2.05) is 6.92 Å². The summed E-state index contributed by atoms with van der Waals surface area (Å²) in [6.07, 6.45) is 4.65. The maximum absolute atomic E-state index is 11.0. The van der Waals surface area contributed by atoms with Gasteiger partial charge in [-0.3, -0.25) is 0 Å². The molecule has 13 heavy (non-hydrogen) atoms. The van der Waals surface area contributed by atoms with Crippen LogP contribution in [-0.4, -0.2) is 5.97 Å². The van der Waals surface area contributed by atoms with Crippen molar-refractivity contribution in [1.82, 2.24) is 0 Å². The van der Waals surface area contributed by atoms with Crippen molar-refractivity contribution in [2.24, 2.45) is 22.2 Å². The van der Waals surface area contributed by atoms with Crippen molar-refractivity contribution in [3.8, 4) is 0 Å². The summed E-state index contributed by atoms with van der Waals surface area (Å²) in [6.45, 7) is 4.15. The maximum Gasteiger partial charge on any atom is 0.0479 e. The first-order valence-corrected chi connectivity index (χ1v) is 5.18. The van der Waals surface area contributed by atoms with E-state index in [-0.39, 0.29) is 5.41 Å². The molecule has 3 atom stereocenters. The Bertz CT molecular complexity index is 307. The van der Waals surface area contributed by atoms with Gasteiger partial charge in [-0.25, -0.2) is 0 Å². The highest BCUT2D eigenvalue weighted by atomic mass is 16.4. The molecular formula is C11H15O2-. The zero-order valence-electron chi connectivity index (χ0n) is 8.22. The second-order valence-electron chi connectivity index (χ2n) is 5.75. The van der Waals surface area contributed by atoms with E-state index in [0.717, 1.165) is 18.8 Å². The Balaban J connectivity index is 1.87. The van der Waals surface area contributed by atoms with E-state index < -0.39 is 11.4 Å². The smallest absolute Gasteiger partial charge is 0.0479 e. The Kier molecular flexibility index (Phi) is 1.00. The predicted molar refractivity (Wildman–Crippen MR) is 45.6 cm³/mol. The van der Waals surface area contributed by atoms with Gasteiger partial charge in [0.05, 0.1) is 0 Å². The van der Waals surface area contributed by atoms with Crippen LogP contribution in [0.25, 0.3) is 0 Å². The van der Waals surface area contributed by atoms with Gasteiger partial charge in [-0.05, 0) is 42.4 Å². The van der Waals surface area contributed by atoms with Gasteiger partial charge < -0.3 is 9.90 Å². The average molecular weight is 179 g/mol. The zero-order valence-corrected chi connectivity index (χ0v) is 8.22. The Morgan fingerprint density at radius 1 is 1.31 bits per heavy atom. The fourth-order valence-electron chi connectivity index (χ4n) is 3.75. The normalized spacial score (nSPS) is 58.0. The number of carboxylic acids is 1. The molecule has 0 bridgehead atoms. The summed E-state index contributed by atoms with van der Waals surface area (Å²) in [6, 6.07) is 0. The molecule has 0 saturated heterocycles. The third-order valence-electron chi connectivity index (χ3n) is 5.15. The van der Waals surface area contributed by atoms with Crippen LogP contribution in [0.5, 0.6) is 0 Å². The molecule has 0 amide bonds. The van der Waals surface area contributed by atoms with Crippen LogP contribution < -0.4 is 5.11 Å². The van der Waals surface area contributed by atoms with Gasteiger partial charge >= 0.3 is 0 Å². The van der Waals surface area contributed by atoms with Gasteiger partial charge in [-0.15, -0.1) is 0 Å². The third kappa shape index (κ3) is 0.628. The van der Waals surface area contributed by atoms with Gasteiger partial charge in [-0.2, -0.15) is 0 Å². The minimum absolute atomic E-state index is 0.153. The van der Waals surface area contributed by atoms with E-state index >= 15 is 0 Å². The summed E-state index contributed by atoms with van der Waals surface area (Å²) < 4.78 is 0. The fraction of sp³-hybridized carbons (Fsp3) is 0.909. The quantitative estimate of drug-likeness (QED) is 0.633. The molecule has 0 unspecified atom stereocenters. The number of hydrogen-bond acceptors (Lipinski definition) is 2. The molecule has 0 radical (unpaired) electrons. The number of carbonyl (C=O) groups excluding carboxylic acids is 1. The van der Waals surface area contributed by atoms with E-state index in [4.69, 9.17) is 0 Å². The molecule has 0 aromatic carbocycles. The minimum atomic E-state index is -0.822. The highest BCUT2D eigenvalue weighted by Crippen LogP contribution is 2.91. The minimum Gasteiger partial charge on any atom is -0.550 e. The lowest BCUT2D eigenvalue weighted by Crippen LogP contribution is -2.33. The van der Waals surface area contributed by atoms with Crippen LogP contribution >= 0.6 is 0 Å². The molecule has 3 aliphatic rings. The maximum atomic E-state index is 11.0. The molecule has 0 N–H and O–H groups in total. The summed E-state index contributed by atoms with van der Waals surface area (Å²) in [4.78, 5) is 11.0. The molecule has 3 saturated carbocycles. The van der Waals surface area contributed by atoms with Crippen LogP contribution in [0.2, 0.25) is 0 Å². The molecule has 2 nitrogen and oxygen atoms in total. The number of carbonyl (C=O) groups is 1. The highest BCUT2D eigenvalue weighted by molar-refractivity contribution is 5.79. The van der Waals surface area contributed by atoms with Crippen LogP contribution in [0.1, 0.15) is 39.5 Å². The first kappa shape index (κ1) is 7.84. The first-order chi connectivity index (χ1) is 5.96. The van der Waals surface area contributed by atoms with Gasteiger partial charge in [0.25, 0.3) is 0 Å². The Morgan fingerprint density at radius 3 is 2.31 bits per heavy atom. The largest absolute Gasteiger partial charge is 0.550 e. The van der Waals surface area contributed by atoms with Crippen molar-refractivity contribution in [3.63, 3.8) is 0 Å². The van der Waals surface area contributed by atoms with Crippen molar-refractivity contribution >= 4 is 5.97 Å². The summed E-state index contributed by atoms with van der Waals surface area (Å²) >= 11 is 0. The Morgan fingerprint density at radius 2 is 1.92 bits per heavy atom. The van der Waals surface area contributed by atoms with E-state index in [2.05, 4.69) is 6.92 Å². The van der Waals surface area contributed by atoms with E-state index in [9.17, 15) is 9.90 Å². The van der Waals surface area contributed by atoms with E-state index in [0.29, 0.717) is 5.41 Å². The van der Waals surface area contributed by atoms with E-state index in [1.54, 1.807) is 0 Å². The summed E-state index contributed by atoms with van der Waals surface area (Å²) in [5, 5.41) is 11.0. The fourth-order valence-corrected chi connectivity index (χ4v) is 3.75. The van der Waals surface area contributed by atoms with Crippen molar-refractivity contribution in [3.05, 3.63) is 0 Å². The number of rotatable bonds is 2. The van der Waals surface area contributed by atoms with Gasteiger partial charge in [0.2, 0.25) is 0 Å². The molecule has 3 fully saturated rings. The number of carboxylic acid groups (broad SMARTS) is 1. The second-order valence-corrected chi connectivity index (χ2v) is 5.75. The van der Waals surface area contributed by atoms with Crippen LogP contribution in [0.4, 0.5) is 0 Å². The molecule has 2 heteroatoms. The van der Waals surface area contributed by atoms with Crippen LogP contribution in [0.15, 0.2) is 0 Å². The molecule has 0 aliphatic heterocycles. The van der Waals surface area contributed by atoms with Gasteiger partial charge in [-0.1, -0.05) is 13.8 Å². The standard InChI is InChI=1S/C11H16O2/c1-9(7-3-4-7)5-11(9)6-10(11,2)8(12)13/h7H,3-6H2,1-2H3,(H,12,13)/p-1/t9-,10-,11-/m0/s1. The van der Waals surface area contributed by atoms with E-state index in [1.165, 1.54) is 12.8 Å².